The Morgan fingerprint density at radius 3 is 2.53 bits per heavy atom. The molecule has 19 heavy (non-hydrogen) atoms. The summed E-state index contributed by atoms with van der Waals surface area (Å²) in [7, 11) is 1.93. The summed E-state index contributed by atoms with van der Waals surface area (Å²) in [5.74, 6) is 1.17. The number of hydrogen-bond acceptors (Lipinski definition) is 3. The average molecular weight is 252 g/mol. The highest BCUT2D eigenvalue weighted by Gasteiger charge is 2.13. The standard InChI is InChI=1S/C15H16N4/c1-10(2)15-17-12-7-5-4-6-11(12)14(18-15)13-8-9-16-19(13)3/h4-10H,1-3H3. The summed E-state index contributed by atoms with van der Waals surface area (Å²) >= 11 is 0. The lowest BCUT2D eigenvalue weighted by Crippen LogP contribution is -2.03. The lowest BCUT2D eigenvalue weighted by Gasteiger charge is -2.10. The fraction of sp³-hybridized carbons (Fsp3) is 0.267. The Kier molecular flexibility index (Phi) is 2.78. The Labute approximate surface area is 112 Å². The van der Waals surface area contributed by atoms with Gasteiger partial charge in [0.1, 0.15) is 5.82 Å². The van der Waals surface area contributed by atoms with E-state index in [9.17, 15) is 0 Å². The minimum atomic E-state index is 0.302. The van der Waals surface area contributed by atoms with Gasteiger partial charge in [0.05, 0.1) is 16.9 Å². The summed E-state index contributed by atoms with van der Waals surface area (Å²) in [6, 6.07) is 10.1. The third-order valence-electron chi connectivity index (χ3n) is 3.20. The van der Waals surface area contributed by atoms with E-state index in [1.807, 2.05) is 36.0 Å². The molecule has 1 aromatic carbocycles. The maximum atomic E-state index is 4.73. The van der Waals surface area contributed by atoms with Crippen LogP contribution in [0.25, 0.3) is 22.3 Å². The molecule has 4 nitrogen and oxygen atoms in total. The fourth-order valence-corrected chi connectivity index (χ4v) is 2.15. The van der Waals surface area contributed by atoms with Gasteiger partial charge in [0, 0.05) is 24.5 Å². The van der Waals surface area contributed by atoms with E-state index >= 15 is 0 Å². The molecule has 2 heterocycles. The van der Waals surface area contributed by atoms with E-state index in [1.54, 1.807) is 6.20 Å². The second-order valence-electron chi connectivity index (χ2n) is 4.94. The third kappa shape index (κ3) is 1.99. The predicted molar refractivity (Wildman–Crippen MR) is 75.8 cm³/mol. The van der Waals surface area contributed by atoms with Crippen LogP contribution in [-0.4, -0.2) is 19.7 Å². The Balaban J connectivity index is 2.36. The molecule has 0 amide bonds. The molecule has 0 atom stereocenters. The van der Waals surface area contributed by atoms with Crippen LogP contribution in [0.1, 0.15) is 25.6 Å². The molecule has 0 aliphatic rings. The molecular weight excluding hydrogens is 236 g/mol. The van der Waals surface area contributed by atoms with Crippen molar-refractivity contribution in [2.75, 3.05) is 0 Å². The quantitative estimate of drug-likeness (QED) is 0.703. The van der Waals surface area contributed by atoms with E-state index in [4.69, 9.17) is 4.98 Å². The van der Waals surface area contributed by atoms with E-state index in [1.165, 1.54) is 0 Å². The van der Waals surface area contributed by atoms with Crippen molar-refractivity contribution in [3.63, 3.8) is 0 Å². The Morgan fingerprint density at radius 1 is 1.05 bits per heavy atom. The highest BCUT2D eigenvalue weighted by Crippen LogP contribution is 2.27. The summed E-state index contributed by atoms with van der Waals surface area (Å²) in [5.41, 5.74) is 2.95. The molecule has 3 rings (SSSR count). The molecule has 0 bridgehead atoms. The summed E-state index contributed by atoms with van der Waals surface area (Å²) < 4.78 is 1.85. The normalized spacial score (nSPS) is 11.4. The van der Waals surface area contributed by atoms with Gasteiger partial charge in [-0.1, -0.05) is 32.0 Å². The molecule has 2 aromatic heterocycles. The number of para-hydroxylation sites is 1. The topological polar surface area (TPSA) is 43.6 Å². The zero-order valence-corrected chi connectivity index (χ0v) is 11.3. The van der Waals surface area contributed by atoms with Gasteiger partial charge in [0.25, 0.3) is 0 Å². The van der Waals surface area contributed by atoms with E-state index in [2.05, 4.69) is 30.0 Å². The van der Waals surface area contributed by atoms with Crippen molar-refractivity contribution in [3.05, 3.63) is 42.4 Å². The van der Waals surface area contributed by atoms with Crippen molar-refractivity contribution < 1.29 is 0 Å². The minimum absolute atomic E-state index is 0.302. The lowest BCUT2D eigenvalue weighted by atomic mass is 10.1. The molecule has 0 aliphatic carbocycles. The lowest BCUT2D eigenvalue weighted by molar-refractivity contribution is 0.761. The number of aromatic nitrogens is 4. The van der Waals surface area contributed by atoms with Gasteiger partial charge in [-0.25, -0.2) is 9.97 Å². The van der Waals surface area contributed by atoms with Crippen LogP contribution >= 0.6 is 0 Å². The second kappa shape index (κ2) is 4.46. The number of rotatable bonds is 2. The zero-order valence-electron chi connectivity index (χ0n) is 11.3. The van der Waals surface area contributed by atoms with Crippen LogP contribution in [0.5, 0.6) is 0 Å². The molecule has 0 N–H and O–H groups in total. The van der Waals surface area contributed by atoms with Gasteiger partial charge < -0.3 is 0 Å². The Bertz CT molecular complexity index is 728. The molecule has 0 fully saturated rings. The van der Waals surface area contributed by atoms with Crippen LogP contribution < -0.4 is 0 Å². The molecule has 0 saturated carbocycles. The number of benzene rings is 1. The molecule has 0 saturated heterocycles. The molecule has 4 heteroatoms. The average Bonchev–Trinajstić information content (AvgIpc) is 2.83. The zero-order chi connectivity index (χ0) is 13.4. The molecule has 96 valence electrons. The van der Waals surface area contributed by atoms with Gasteiger partial charge in [-0.15, -0.1) is 0 Å². The van der Waals surface area contributed by atoms with Crippen LogP contribution in [0.15, 0.2) is 36.5 Å². The van der Waals surface area contributed by atoms with Gasteiger partial charge in [-0.3, -0.25) is 4.68 Å². The SMILES string of the molecule is CC(C)c1nc(-c2ccnn2C)c2ccccc2n1. The smallest absolute Gasteiger partial charge is 0.132 e. The summed E-state index contributed by atoms with van der Waals surface area (Å²) in [4.78, 5) is 9.37. The van der Waals surface area contributed by atoms with Crippen LogP contribution in [0.4, 0.5) is 0 Å². The molecular formula is C15H16N4. The molecule has 3 aromatic rings. The van der Waals surface area contributed by atoms with Crippen molar-refractivity contribution in [2.45, 2.75) is 19.8 Å². The van der Waals surface area contributed by atoms with Gasteiger partial charge >= 0.3 is 0 Å². The number of hydrogen-bond donors (Lipinski definition) is 0. The van der Waals surface area contributed by atoms with Gasteiger partial charge in [-0.2, -0.15) is 5.10 Å². The Morgan fingerprint density at radius 2 is 1.84 bits per heavy atom. The van der Waals surface area contributed by atoms with Crippen LogP contribution in [0.2, 0.25) is 0 Å². The maximum Gasteiger partial charge on any atom is 0.132 e. The van der Waals surface area contributed by atoms with Crippen molar-refractivity contribution in [1.82, 2.24) is 19.7 Å². The first-order chi connectivity index (χ1) is 9.16. The van der Waals surface area contributed by atoms with Crippen LogP contribution in [-0.2, 0) is 7.05 Å². The molecule has 0 spiro atoms. The van der Waals surface area contributed by atoms with E-state index < -0.39 is 0 Å². The Hall–Kier alpha value is -2.23. The van der Waals surface area contributed by atoms with Crippen molar-refractivity contribution in [1.29, 1.82) is 0 Å². The van der Waals surface area contributed by atoms with Crippen molar-refractivity contribution in [3.8, 4) is 11.4 Å². The fourth-order valence-electron chi connectivity index (χ4n) is 2.15. The third-order valence-corrected chi connectivity index (χ3v) is 3.20. The second-order valence-corrected chi connectivity index (χ2v) is 4.94. The van der Waals surface area contributed by atoms with Crippen LogP contribution in [0.3, 0.4) is 0 Å². The number of aryl methyl sites for hydroxylation is 1. The highest BCUT2D eigenvalue weighted by atomic mass is 15.3. The van der Waals surface area contributed by atoms with E-state index in [-0.39, 0.29) is 0 Å². The first kappa shape index (κ1) is 11.8. The number of fused-ring (bicyclic) bond motifs is 1. The first-order valence-electron chi connectivity index (χ1n) is 6.42. The van der Waals surface area contributed by atoms with E-state index in [0.29, 0.717) is 5.92 Å². The number of nitrogens with zero attached hydrogens (tertiary/aromatic N) is 4. The monoisotopic (exact) mass is 252 g/mol. The van der Waals surface area contributed by atoms with Crippen LogP contribution in [0, 0.1) is 0 Å². The summed E-state index contributed by atoms with van der Waals surface area (Å²) in [6.07, 6.45) is 1.79. The molecule has 0 aliphatic heterocycles. The largest absolute Gasteiger partial charge is 0.266 e. The van der Waals surface area contributed by atoms with Gasteiger partial charge in [0.15, 0.2) is 0 Å². The highest BCUT2D eigenvalue weighted by molar-refractivity contribution is 5.91. The first-order valence-corrected chi connectivity index (χ1v) is 6.42. The van der Waals surface area contributed by atoms with E-state index in [0.717, 1.165) is 28.1 Å². The van der Waals surface area contributed by atoms with Crippen molar-refractivity contribution in [2.24, 2.45) is 7.05 Å². The molecule has 0 unspecified atom stereocenters. The predicted octanol–water partition coefficient (Wildman–Crippen LogP) is 3.15. The van der Waals surface area contributed by atoms with Gasteiger partial charge in [-0.05, 0) is 12.1 Å². The summed E-state index contributed by atoms with van der Waals surface area (Å²) in [5, 5.41) is 5.30. The summed E-state index contributed by atoms with van der Waals surface area (Å²) in [6.45, 7) is 4.22. The minimum Gasteiger partial charge on any atom is -0.266 e. The maximum absolute atomic E-state index is 4.73. The van der Waals surface area contributed by atoms with Crippen molar-refractivity contribution >= 4 is 10.9 Å². The molecule has 0 radical (unpaired) electrons. The van der Waals surface area contributed by atoms with Gasteiger partial charge in [0.2, 0.25) is 0 Å².